The highest BCUT2D eigenvalue weighted by molar-refractivity contribution is 5.98. The number of ketones is 1. The number of hydrogen-bond acceptors (Lipinski definition) is 8. The molecule has 1 atom stereocenters. The van der Waals surface area contributed by atoms with E-state index in [1.807, 2.05) is 52.8 Å². The smallest absolute Gasteiger partial charge is 0.233 e. The third-order valence-corrected chi connectivity index (χ3v) is 11.0. The van der Waals surface area contributed by atoms with E-state index in [2.05, 4.69) is 36.9 Å². The van der Waals surface area contributed by atoms with Crippen LogP contribution in [0.2, 0.25) is 0 Å². The molecule has 2 saturated heterocycles. The van der Waals surface area contributed by atoms with Crippen LogP contribution in [0.25, 0.3) is 11.0 Å². The summed E-state index contributed by atoms with van der Waals surface area (Å²) >= 11 is 0. The van der Waals surface area contributed by atoms with Crippen LogP contribution >= 0.6 is 0 Å². The standard InChI is InChI=1S/C41H52N4O6/c1-7-51-23-22-45-34-11-9-8-10-33(34)42-39(45)37(46)31-14-18-43(19-15-31)20-16-41(32-13-12-28(2)29(3)24-32)17-21-44(40(41)47)27-30-25-35(48-4)38(50-6)36(26-30)49-5/h8-13,24-26,31H,7,14-23,27H2,1-6H3. The Bertz CT molecular complexity index is 1840. The molecular formula is C41H52N4O6. The summed E-state index contributed by atoms with van der Waals surface area (Å²) in [4.78, 5) is 37.7. The lowest BCUT2D eigenvalue weighted by Crippen LogP contribution is -2.43. The van der Waals surface area contributed by atoms with Gasteiger partial charge in [0.25, 0.3) is 0 Å². The van der Waals surface area contributed by atoms with Crippen molar-refractivity contribution in [2.45, 2.75) is 65.0 Å². The van der Waals surface area contributed by atoms with E-state index >= 15 is 0 Å². The number of benzene rings is 3. The molecule has 0 saturated carbocycles. The fourth-order valence-corrected chi connectivity index (χ4v) is 7.86. The molecule has 3 aromatic carbocycles. The van der Waals surface area contributed by atoms with E-state index in [9.17, 15) is 9.59 Å². The number of ether oxygens (including phenoxy) is 4. The number of methoxy groups -OCH3 is 3. The first-order valence-electron chi connectivity index (χ1n) is 18.2. The summed E-state index contributed by atoms with van der Waals surface area (Å²) in [5, 5.41) is 0. The van der Waals surface area contributed by atoms with Crippen molar-refractivity contribution in [3.63, 3.8) is 0 Å². The average molecular weight is 697 g/mol. The molecule has 1 amide bonds. The number of likely N-dealkylation sites (tertiary alicyclic amines) is 2. The van der Waals surface area contributed by atoms with Crippen LogP contribution in [0, 0.1) is 19.8 Å². The van der Waals surface area contributed by atoms with Crippen molar-refractivity contribution in [1.29, 1.82) is 0 Å². The SMILES string of the molecule is CCOCCn1c(C(=O)C2CCN(CCC3(c4ccc(C)c(C)c4)CCN(Cc4cc(OC)c(OC)c(OC)c4)C3=O)CC2)nc2ccccc21. The molecule has 2 fully saturated rings. The summed E-state index contributed by atoms with van der Waals surface area (Å²) in [5.41, 5.74) is 5.59. The number of aromatic nitrogens is 2. The molecule has 1 unspecified atom stereocenters. The van der Waals surface area contributed by atoms with Gasteiger partial charge in [-0.25, -0.2) is 4.98 Å². The third kappa shape index (κ3) is 7.35. The summed E-state index contributed by atoms with van der Waals surface area (Å²) in [6.45, 7) is 11.5. The maximum atomic E-state index is 14.6. The van der Waals surface area contributed by atoms with E-state index in [1.54, 1.807) is 21.3 Å². The highest BCUT2D eigenvalue weighted by Gasteiger charge is 2.48. The van der Waals surface area contributed by atoms with Gasteiger partial charge in [-0.05, 0) is 113 Å². The molecule has 1 aromatic heterocycles. The monoisotopic (exact) mass is 696 g/mol. The number of hydrogen-bond donors (Lipinski definition) is 0. The summed E-state index contributed by atoms with van der Waals surface area (Å²) in [6.07, 6.45) is 2.99. The van der Waals surface area contributed by atoms with Gasteiger partial charge in [-0.2, -0.15) is 0 Å². The largest absolute Gasteiger partial charge is 0.493 e. The molecule has 3 heterocycles. The lowest BCUT2D eigenvalue weighted by atomic mass is 9.75. The molecule has 4 aromatic rings. The Labute approximate surface area is 301 Å². The highest BCUT2D eigenvalue weighted by atomic mass is 16.5. The van der Waals surface area contributed by atoms with Crippen molar-refractivity contribution in [1.82, 2.24) is 19.4 Å². The molecule has 0 spiro atoms. The number of nitrogens with zero attached hydrogens (tertiary/aromatic N) is 4. The number of piperidine rings is 1. The third-order valence-electron chi connectivity index (χ3n) is 11.0. The van der Waals surface area contributed by atoms with E-state index in [-0.39, 0.29) is 17.6 Å². The van der Waals surface area contributed by atoms with Gasteiger partial charge in [0.05, 0.1) is 44.4 Å². The Hall–Kier alpha value is -4.41. The van der Waals surface area contributed by atoms with Gasteiger partial charge in [0, 0.05) is 32.2 Å². The number of para-hydroxylation sites is 2. The number of carbonyl (C=O) groups is 2. The quantitative estimate of drug-likeness (QED) is 0.105. The predicted octanol–water partition coefficient (Wildman–Crippen LogP) is 6.37. The molecule has 0 radical (unpaired) electrons. The number of imidazole rings is 1. The first kappa shape index (κ1) is 36.4. The van der Waals surface area contributed by atoms with Crippen LogP contribution in [0.5, 0.6) is 17.2 Å². The molecular weight excluding hydrogens is 644 g/mol. The van der Waals surface area contributed by atoms with Crippen LogP contribution in [0.3, 0.4) is 0 Å². The van der Waals surface area contributed by atoms with E-state index in [0.29, 0.717) is 62.3 Å². The lowest BCUT2D eigenvalue weighted by molar-refractivity contribution is -0.133. The van der Waals surface area contributed by atoms with Crippen molar-refractivity contribution in [3.05, 3.63) is 82.7 Å². The molecule has 10 heteroatoms. The Kier molecular flexibility index (Phi) is 11.3. The second kappa shape index (κ2) is 15.9. The van der Waals surface area contributed by atoms with Crippen LogP contribution in [0.15, 0.2) is 54.6 Å². The summed E-state index contributed by atoms with van der Waals surface area (Å²) in [6, 6.07) is 18.3. The molecule has 0 aliphatic carbocycles. The van der Waals surface area contributed by atoms with Gasteiger partial charge in [0.15, 0.2) is 17.3 Å². The van der Waals surface area contributed by atoms with Crippen molar-refractivity contribution in [3.8, 4) is 17.2 Å². The molecule has 0 N–H and O–H groups in total. The van der Waals surface area contributed by atoms with Crippen LogP contribution in [0.1, 0.15) is 65.5 Å². The van der Waals surface area contributed by atoms with Gasteiger partial charge in [-0.1, -0.05) is 30.3 Å². The van der Waals surface area contributed by atoms with Crippen molar-refractivity contribution in [2.24, 2.45) is 5.92 Å². The number of Topliss-reactive ketones (excluding diaryl/α,β-unsaturated/α-hetero) is 1. The van der Waals surface area contributed by atoms with Gasteiger partial charge in [-0.15, -0.1) is 0 Å². The second-order valence-corrected chi connectivity index (χ2v) is 13.9. The van der Waals surface area contributed by atoms with Gasteiger partial charge in [0.2, 0.25) is 17.4 Å². The first-order valence-corrected chi connectivity index (χ1v) is 18.2. The van der Waals surface area contributed by atoms with Gasteiger partial charge in [-0.3, -0.25) is 9.59 Å². The Balaban J connectivity index is 1.16. The second-order valence-electron chi connectivity index (χ2n) is 13.9. The Morgan fingerprint density at radius 1 is 0.902 bits per heavy atom. The minimum Gasteiger partial charge on any atom is -0.493 e. The van der Waals surface area contributed by atoms with Crippen LogP contribution in [0.4, 0.5) is 0 Å². The van der Waals surface area contributed by atoms with Gasteiger partial charge in [0.1, 0.15) is 0 Å². The summed E-state index contributed by atoms with van der Waals surface area (Å²) in [5.74, 6) is 2.39. The zero-order valence-electron chi connectivity index (χ0n) is 31.0. The Morgan fingerprint density at radius 3 is 2.29 bits per heavy atom. The number of rotatable bonds is 15. The van der Waals surface area contributed by atoms with E-state index in [4.69, 9.17) is 23.9 Å². The van der Waals surface area contributed by atoms with Crippen LogP contribution < -0.4 is 14.2 Å². The molecule has 10 nitrogen and oxygen atoms in total. The molecule has 0 bridgehead atoms. The number of aryl methyl sites for hydroxylation is 2. The molecule has 51 heavy (non-hydrogen) atoms. The van der Waals surface area contributed by atoms with Crippen molar-refractivity contribution < 1.29 is 28.5 Å². The molecule has 2 aliphatic heterocycles. The number of carbonyl (C=O) groups excluding carboxylic acids is 2. The average Bonchev–Trinajstić information content (AvgIpc) is 3.68. The fourth-order valence-electron chi connectivity index (χ4n) is 7.86. The molecule has 2 aliphatic rings. The normalized spacial score (nSPS) is 18.5. The zero-order valence-corrected chi connectivity index (χ0v) is 31.0. The van der Waals surface area contributed by atoms with E-state index in [0.717, 1.165) is 61.1 Å². The summed E-state index contributed by atoms with van der Waals surface area (Å²) < 4.78 is 24.4. The minimum atomic E-state index is -0.628. The zero-order chi connectivity index (χ0) is 36.1. The molecule has 272 valence electrons. The topological polar surface area (TPSA) is 95.4 Å². The predicted molar refractivity (Wildman–Crippen MR) is 198 cm³/mol. The maximum Gasteiger partial charge on any atom is 0.233 e. The van der Waals surface area contributed by atoms with E-state index in [1.165, 1.54) is 11.1 Å². The van der Waals surface area contributed by atoms with Crippen molar-refractivity contribution >= 4 is 22.7 Å². The maximum absolute atomic E-state index is 14.6. The van der Waals surface area contributed by atoms with Gasteiger partial charge < -0.3 is 33.3 Å². The number of fused-ring (bicyclic) bond motifs is 1. The van der Waals surface area contributed by atoms with Crippen LogP contribution in [-0.4, -0.2) is 91.8 Å². The summed E-state index contributed by atoms with van der Waals surface area (Å²) in [7, 11) is 4.79. The minimum absolute atomic E-state index is 0.0836. The van der Waals surface area contributed by atoms with Gasteiger partial charge >= 0.3 is 0 Å². The van der Waals surface area contributed by atoms with Crippen molar-refractivity contribution in [2.75, 3.05) is 60.7 Å². The molecule has 6 rings (SSSR count). The highest BCUT2D eigenvalue weighted by Crippen LogP contribution is 2.43. The first-order chi connectivity index (χ1) is 24.7. The Morgan fingerprint density at radius 2 is 1.63 bits per heavy atom. The number of amides is 1. The lowest BCUT2D eigenvalue weighted by Gasteiger charge is -2.35. The van der Waals surface area contributed by atoms with Crippen LogP contribution in [-0.2, 0) is 28.0 Å². The fraction of sp³-hybridized carbons (Fsp3) is 0.488. The van der Waals surface area contributed by atoms with E-state index < -0.39 is 5.41 Å².